The van der Waals surface area contributed by atoms with Gasteiger partial charge in [-0.1, -0.05) is 36.4 Å². The third-order valence-corrected chi connectivity index (χ3v) is 5.14. The van der Waals surface area contributed by atoms with Gasteiger partial charge in [0.25, 0.3) is 0 Å². The van der Waals surface area contributed by atoms with Crippen LogP contribution in [0.25, 0.3) is 23.1 Å². The number of hydrogen-bond donors (Lipinski definition) is 1. The quantitative estimate of drug-likeness (QED) is 0.257. The van der Waals surface area contributed by atoms with E-state index < -0.39 is 0 Å². The molecule has 34 heavy (non-hydrogen) atoms. The molecule has 0 saturated heterocycles. The number of nitrogens with zero attached hydrogens (tertiary/aromatic N) is 1. The lowest BCUT2D eigenvalue weighted by atomic mass is 10.1. The highest BCUT2D eigenvalue weighted by Gasteiger charge is 2.07. The number of carbonyl (C=O) groups excluding carboxylic acids is 2. The molecule has 1 N–H and O–H groups in total. The van der Waals surface area contributed by atoms with Crippen molar-refractivity contribution in [3.05, 3.63) is 102 Å². The highest BCUT2D eigenvalue weighted by Crippen LogP contribution is 2.29. The molecule has 0 fully saturated rings. The van der Waals surface area contributed by atoms with Crippen molar-refractivity contribution in [2.24, 2.45) is 0 Å². The molecule has 0 bridgehead atoms. The molecule has 2 heterocycles. The van der Waals surface area contributed by atoms with Crippen LogP contribution in [0.3, 0.4) is 0 Å². The number of fused-ring (bicyclic) bond motifs is 1. The van der Waals surface area contributed by atoms with E-state index in [1.165, 1.54) is 12.2 Å². The van der Waals surface area contributed by atoms with E-state index >= 15 is 0 Å². The van der Waals surface area contributed by atoms with E-state index in [2.05, 4.69) is 9.97 Å². The molecular weight excluding hydrogens is 428 g/mol. The molecule has 0 spiro atoms. The lowest BCUT2D eigenvalue weighted by Crippen LogP contribution is -2.02. The summed E-state index contributed by atoms with van der Waals surface area (Å²) in [5, 5.41) is 1.10. The highest BCUT2D eigenvalue weighted by atomic mass is 16.5. The number of aromatic amines is 1. The maximum absolute atomic E-state index is 12.3. The van der Waals surface area contributed by atoms with E-state index in [-0.39, 0.29) is 18.0 Å². The fourth-order valence-electron chi connectivity index (χ4n) is 3.38. The first-order valence-electron chi connectivity index (χ1n) is 10.8. The van der Waals surface area contributed by atoms with Gasteiger partial charge in [0.15, 0.2) is 23.1 Å². The Morgan fingerprint density at radius 1 is 0.912 bits per heavy atom. The number of ether oxygens (including phenoxy) is 2. The van der Waals surface area contributed by atoms with E-state index in [0.717, 1.165) is 27.7 Å². The van der Waals surface area contributed by atoms with Gasteiger partial charge in [0.05, 0.1) is 19.2 Å². The van der Waals surface area contributed by atoms with E-state index in [4.69, 9.17) is 9.47 Å². The summed E-state index contributed by atoms with van der Waals surface area (Å²) in [4.78, 5) is 31.9. The van der Waals surface area contributed by atoms with Crippen LogP contribution in [0.5, 0.6) is 11.5 Å². The number of ketones is 2. The van der Waals surface area contributed by atoms with Crippen molar-refractivity contribution in [1.82, 2.24) is 9.97 Å². The average molecular weight is 453 g/mol. The minimum Gasteiger partial charge on any atom is -0.493 e. The van der Waals surface area contributed by atoms with Gasteiger partial charge in [-0.3, -0.25) is 14.6 Å². The Labute approximate surface area is 197 Å². The fraction of sp³-hybridized carbons (Fsp3) is 0.107. The Bertz CT molecular complexity index is 1350. The van der Waals surface area contributed by atoms with Crippen molar-refractivity contribution < 1.29 is 19.1 Å². The summed E-state index contributed by atoms with van der Waals surface area (Å²) in [6.07, 6.45) is 9.59. The maximum Gasteiger partial charge on any atom is 0.163 e. The monoisotopic (exact) mass is 452 g/mol. The second-order valence-electron chi connectivity index (χ2n) is 7.62. The number of pyridine rings is 1. The molecule has 170 valence electrons. The molecule has 4 aromatic rings. The molecular formula is C28H24N2O4. The predicted molar refractivity (Wildman–Crippen MR) is 133 cm³/mol. The molecule has 6 heteroatoms. The smallest absolute Gasteiger partial charge is 0.163 e. The number of nitrogens with one attached hydrogen (secondary N) is 1. The van der Waals surface area contributed by atoms with Crippen molar-refractivity contribution >= 4 is 34.6 Å². The highest BCUT2D eigenvalue weighted by molar-refractivity contribution is 6.11. The Kier molecular flexibility index (Phi) is 7.30. The van der Waals surface area contributed by atoms with Crippen LogP contribution in [0.15, 0.2) is 85.2 Å². The number of H-pyrrole nitrogens is 1. The van der Waals surface area contributed by atoms with Crippen LogP contribution in [-0.2, 0) is 16.2 Å². The third kappa shape index (κ3) is 6.07. The molecule has 0 aliphatic carbocycles. The van der Waals surface area contributed by atoms with E-state index in [0.29, 0.717) is 18.1 Å². The summed E-state index contributed by atoms with van der Waals surface area (Å²) in [6, 6.07) is 18.8. The van der Waals surface area contributed by atoms with Crippen LogP contribution in [-0.4, -0.2) is 28.6 Å². The van der Waals surface area contributed by atoms with Gasteiger partial charge in [0, 0.05) is 17.9 Å². The molecule has 0 aliphatic rings. The van der Waals surface area contributed by atoms with Crippen molar-refractivity contribution in [3.63, 3.8) is 0 Å². The first kappa shape index (κ1) is 22.7. The molecule has 4 rings (SSSR count). The van der Waals surface area contributed by atoms with Gasteiger partial charge in [-0.2, -0.15) is 0 Å². The Balaban J connectivity index is 1.35. The second kappa shape index (κ2) is 10.9. The van der Waals surface area contributed by atoms with Crippen molar-refractivity contribution in [1.29, 1.82) is 0 Å². The Morgan fingerprint density at radius 2 is 1.68 bits per heavy atom. The molecule has 0 saturated carbocycles. The first-order chi connectivity index (χ1) is 16.6. The SMILES string of the molecule is COc1ccc(/C=C/C(=O)CC(=O)/C=C/c2ccc3cc[nH]c3c2)cc1OCc1ccccn1. The summed E-state index contributed by atoms with van der Waals surface area (Å²) < 4.78 is 11.2. The topological polar surface area (TPSA) is 81.3 Å². The zero-order chi connectivity index (χ0) is 23.8. The largest absolute Gasteiger partial charge is 0.493 e. The second-order valence-corrected chi connectivity index (χ2v) is 7.62. The summed E-state index contributed by atoms with van der Waals surface area (Å²) in [5.74, 6) is 0.592. The molecule has 0 amide bonds. The van der Waals surface area contributed by atoms with Gasteiger partial charge in [-0.05, 0) is 65.1 Å². The molecule has 6 nitrogen and oxygen atoms in total. The molecule has 0 atom stereocenters. The maximum atomic E-state index is 12.3. The van der Waals surface area contributed by atoms with Crippen molar-refractivity contribution in [2.75, 3.05) is 7.11 Å². The summed E-state index contributed by atoms with van der Waals surface area (Å²) in [5.41, 5.74) is 3.44. The number of benzene rings is 2. The van der Waals surface area contributed by atoms with Crippen molar-refractivity contribution in [3.8, 4) is 11.5 Å². The van der Waals surface area contributed by atoms with E-state index in [1.54, 1.807) is 37.6 Å². The number of carbonyl (C=O) groups is 2. The van der Waals surface area contributed by atoms with Gasteiger partial charge in [-0.25, -0.2) is 0 Å². The summed E-state index contributed by atoms with van der Waals surface area (Å²) >= 11 is 0. The number of rotatable bonds is 10. The fourth-order valence-corrected chi connectivity index (χ4v) is 3.38. The standard InChI is InChI=1S/C28H24N2O4/c1-33-27-12-8-21(17-28(27)34-19-23-4-2-3-14-29-23)7-11-25(32)18-24(31)10-6-20-5-9-22-13-15-30-26(22)16-20/h2-17,30H,18-19H2,1H3/b10-6+,11-7+. The third-order valence-electron chi connectivity index (χ3n) is 5.14. The van der Waals surface area contributed by atoms with E-state index in [1.807, 2.05) is 54.7 Å². The summed E-state index contributed by atoms with van der Waals surface area (Å²) in [6.45, 7) is 0.293. The Morgan fingerprint density at radius 3 is 2.41 bits per heavy atom. The van der Waals surface area contributed by atoms with Crippen LogP contribution in [0.4, 0.5) is 0 Å². The zero-order valence-electron chi connectivity index (χ0n) is 18.7. The molecule has 0 unspecified atom stereocenters. The Hall–Kier alpha value is -4.45. The number of hydrogen-bond acceptors (Lipinski definition) is 5. The van der Waals surface area contributed by atoms with Gasteiger partial charge < -0.3 is 14.5 Å². The first-order valence-corrected chi connectivity index (χ1v) is 10.8. The van der Waals surface area contributed by atoms with E-state index in [9.17, 15) is 9.59 Å². The number of allylic oxidation sites excluding steroid dienone is 2. The van der Waals surface area contributed by atoms with Gasteiger partial charge in [-0.15, -0.1) is 0 Å². The summed E-state index contributed by atoms with van der Waals surface area (Å²) in [7, 11) is 1.57. The average Bonchev–Trinajstić information content (AvgIpc) is 3.33. The predicted octanol–water partition coefficient (Wildman–Crippen LogP) is 5.41. The number of aromatic nitrogens is 2. The van der Waals surface area contributed by atoms with Crippen molar-refractivity contribution in [2.45, 2.75) is 13.0 Å². The van der Waals surface area contributed by atoms with Crippen LogP contribution in [0.1, 0.15) is 23.2 Å². The van der Waals surface area contributed by atoms with Gasteiger partial charge in [0.2, 0.25) is 0 Å². The van der Waals surface area contributed by atoms with Crippen LogP contribution in [0, 0.1) is 0 Å². The van der Waals surface area contributed by atoms with Gasteiger partial charge in [0.1, 0.15) is 6.61 Å². The lowest BCUT2D eigenvalue weighted by Gasteiger charge is -2.11. The van der Waals surface area contributed by atoms with Gasteiger partial charge >= 0.3 is 0 Å². The lowest BCUT2D eigenvalue weighted by molar-refractivity contribution is -0.121. The van der Waals surface area contributed by atoms with Crippen LogP contribution >= 0.6 is 0 Å². The minimum atomic E-state index is -0.277. The normalized spacial score (nSPS) is 11.3. The number of methoxy groups -OCH3 is 1. The zero-order valence-corrected chi connectivity index (χ0v) is 18.7. The molecule has 0 aliphatic heterocycles. The molecule has 2 aromatic carbocycles. The van der Waals surface area contributed by atoms with Crippen LogP contribution < -0.4 is 9.47 Å². The molecule has 2 aromatic heterocycles. The van der Waals surface area contributed by atoms with Crippen LogP contribution in [0.2, 0.25) is 0 Å². The minimum absolute atomic E-state index is 0.197. The molecule has 0 radical (unpaired) electrons.